The van der Waals surface area contributed by atoms with Crippen molar-refractivity contribution in [1.82, 2.24) is 4.98 Å². The highest BCUT2D eigenvalue weighted by Gasteiger charge is 2.36. The molecule has 2 aliphatic rings. The van der Waals surface area contributed by atoms with Gasteiger partial charge < -0.3 is 10.3 Å². The van der Waals surface area contributed by atoms with Crippen molar-refractivity contribution < 1.29 is 0 Å². The summed E-state index contributed by atoms with van der Waals surface area (Å²) >= 11 is 0. The summed E-state index contributed by atoms with van der Waals surface area (Å²) in [5.74, 6) is 0. The van der Waals surface area contributed by atoms with Crippen LogP contribution in [0.4, 0.5) is 11.4 Å². The Morgan fingerprint density at radius 1 is 0.947 bits per heavy atom. The molecular weight excluding hydrogens is 234 g/mol. The van der Waals surface area contributed by atoms with Gasteiger partial charge in [0.05, 0.1) is 17.1 Å². The number of aliphatic imine (C=N–C) groups is 1. The minimum Gasteiger partial charge on any atom is -0.371 e. The molecule has 0 saturated carbocycles. The van der Waals surface area contributed by atoms with Crippen molar-refractivity contribution in [2.75, 3.05) is 5.32 Å². The van der Waals surface area contributed by atoms with Crippen LogP contribution in [0.15, 0.2) is 53.5 Å². The van der Waals surface area contributed by atoms with Crippen molar-refractivity contribution in [2.45, 2.75) is 6.04 Å². The van der Waals surface area contributed by atoms with Crippen molar-refractivity contribution in [3.63, 3.8) is 0 Å². The number of benzene rings is 2. The molecule has 0 fully saturated rings. The Balaban J connectivity index is 1.81. The van der Waals surface area contributed by atoms with E-state index in [0.29, 0.717) is 0 Å². The minimum absolute atomic E-state index is 0.180. The second-order valence-corrected chi connectivity index (χ2v) is 5.05. The highest BCUT2D eigenvalue weighted by atomic mass is 15.1. The van der Waals surface area contributed by atoms with E-state index in [0.717, 1.165) is 16.9 Å². The van der Waals surface area contributed by atoms with E-state index in [-0.39, 0.29) is 6.04 Å². The smallest absolute Gasteiger partial charge is 0.112 e. The van der Waals surface area contributed by atoms with E-state index < -0.39 is 0 Å². The van der Waals surface area contributed by atoms with Crippen LogP contribution < -0.4 is 5.32 Å². The first-order chi connectivity index (χ1) is 9.42. The zero-order chi connectivity index (χ0) is 12.4. The Hall–Kier alpha value is -2.55. The van der Waals surface area contributed by atoms with Gasteiger partial charge in [0.1, 0.15) is 6.04 Å². The number of nitrogens with zero attached hydrogens (tertiary/aromatic N) is 1. The van der Waals surface area contributed by atoms with Crippen LogP contribution in [0.2, 0.25) is 0 Å². The van der Waals surface area contributed by atoms with Gasteiger partial charge in [-0.1, -0.05) is 36.4 Å². The highest BCUT2D eigenvalue weighted by molar-refractivity contribution is 6.19. The van der Waals surface area contributed by atoms with Gasteiger partial charge in [-0.05, 0) is 12.1 Å². The van der Waals surface area contributed by atoms with E-state index >= 15 is 0 Å². The summed E-state index contributed by atoms with van der Waals surface area (Å²) in [7, 11) is 0. The van der Waals surface area contributed by atoms with Gasteiger partial charge in [0.15, 0.2) is 0 Å². The van der Waals surface area contributed by atoms with Crippen molar-refractivity contribution in [3.8, 4) is 0 Å². The first-order valence-corrected chi connectivity index (χ1v) is 6.47. The fraction of sp³-hybridized carbons (Fsp3) is 0.0625. The molecule has 3 aromatic rings. The number of H-pyrrole nitrogens is 1. The molecule has 1 aromatic heterocycles. The summed E-state index contributed by atoms with van der Waals surface area (Å²) in [6.07, 6.45) is 0. The Morgan fingerprint density at radius 3 is 2.79 bits per heavy atom. The summed E-state index contributed by atoms with van der Waals surface area (Å²) in [6.45, 7) is 0. The fourth-order valence-corrected chi connectivity index (χ4v) is 3.14. The third kappa shape index (κ3) is 1.06. The van der Waals surface area contributed by atoms with E-state index in [4.69, 9.17) is 4.99 Å². The van der Waals surface area contributed by atoms with Crippen molar-refractivity contribution in [3.05, 3.63) is 59.8 Å². The summed E-state index contributed by atoms with van der Waals surface area (Å²) < 4.78 is 0. The van der Waals surface area contributed by atoms with Crippen LogP contribution in [-0.4, -0.2) is 10.7 Å². The molecule has 3 nitrogen and oxygen atoms in total. The lowest BCUT2D eigenvalue weighted by Gasteiger charge is -2.05. The van der Waals surface area contributed by atoms with Crippen LogP contribution in [-0.2, 0) is 0 Å². The molecule has 0 aliphatic carbocycles. The molecule has 3 heteroatoms. The number of nitrogens with one attached hydrogen (secondary N) is 2. The topological polar surface area (TPSA) is 40.2 Å². The molecule has 2 aromatic carbocycles. The summed E-state index contributed by atoms with van der Waals surface area (Å²) in [4.78, 5) is 8.37. The van der Waals surface area contributed by atoms with E-state index in [1.807, 2.05) is 0 Å². The largest absolute Gasteiger partial charge is 0.371 e. The molecule has 0 bridgehead atoms. The van der Waals surface area contributed by atoms with Gasteiger partial charge in [0.25, 0.3) is 0 Å². The average molecular weight is 245 g/mol. The van der Waals surface area contributed by atoms with Gasteiger partial charge in [0.2, 0.25) is 0 Å². The Labute approximate surface area is 110 Å². The lowest BCUT2D eigenvalue weighted by molar-refractivity contribution is 1.04. The summed E-state index contributed by atoms with van der Waals surface area (Å²) in [5, 5.41) is 4.76. The maximum Gasteiger partial charge on any atom is 0.112 e. The van der Waals surface area contributed by atoms with Gasteiger partial charge in [-0.2, -0.15) is 0 Å². The number of para-hydroxylation sites is 2. The third-order valence-corrected chi connectivity index (χ3v) is 4.00. The van der Waals surface area contributed by atoms with Crippen LogP contribution in [0, 0.1) is 0 Å². The molecule has 2 aliphatic heterocycles. The van der Waals surface area contributed by atoms with Crippen molar-refractivity contribution >= 4 is 28.0 Å². The number of hydrogen-bond donors (Lipinski definition) is 2. The fourth-order valence-electron chi connectivity index (χ4n) is 3.14. The molecular formula is C16H11N3. The van der Waals surface area contributed by atoms with E-state index in [1.165, 1.54) is 22.3 Å². The lowest BCUT2D eigenvalue weighted by Crippen LogP contribution is -2.09. The van der Waals surface area contributed by atoms with Crippen molar-refractivity contribution in [1.29, 1.82) is 0 Å². The SMILES string of the molecule is c1ccc2c(c1)NC1C2=Nc2c1[nH]c1ccccc21. The number of hydrogen-bond acceptors (Lipinski definition) is 2. The second-order valence-electron chi connectivity index (χ2n) is 5.05. The van der Waals surface area contributed by atoms with E-state index in [2.05, 4.69) is 58.8 Å². The number of anilines is 1. The lowest BCUT2D eigenvalue weighted by atomic mass is 10.1. The molecule has 0 saturated heterocycles. The molecule has 0 radical (unpaired) electrons. The van der Waals surface area contributed by atoms with E-state index in [9.17, 15) is 0 Å². The third-order valence-electron chi connectivity index (χ3n) is 4.00. The van der Waals surface area contributed by atoms with Crippen LogP contribution in [0.5, 0.6) is 0 Å². The molecule has 0 amide bonds. The monoisotopic (exact) mass is 245 g/mol. The minimum atomic E-state index is 0.180. The average Bonchev–Trinajstić information content (AvgIpc) is 3.07. The highest BCUT2D eigenvalue weighted by Crippen LogP contribution is 2.46. The number of aromatic amines is 1. The van der Waals surface area contributed by atoms with Crippen LogP contribution in [0.25, 0.3) is 10.9 Å². The molecule has 3 heterocycles. The summed E-state index contributed by atoms with van der Waals surface area (Å²) in [6, 6.07) is 16.9. The van der Waals surface area contributed by atoms with Crippen molar-refractivity contribution in [2.24, 2.45) is 4.99 Å². The number of fused-ring (bicyclic) bond motifs is 7. The molecule has 19 heavy (non-hydrogen) atoms. The first kappa shape index (κ1) is 9.39. The van der Waals surface area contributed by atoms with Crippen LogP contribution in [0.3, 0.4) is 0 Å². The normalized spacial score (nSPS) is 18.7. The van der Waals surface area contributed by atoms with Gasteiger partial charge in [0, 0.05) is 22.2 Å². The Morgan fingerprint density at radius 2 is 1.79 bits per heavy atom. The number of rotatable bonds is 0. The van der Waals surface area contributed by atoms with Crippen LogP contribution >= 0.6 is 0 Å². The zero-order valence-corrected chi connectivity index (χ0v) is 10.1. The van der Waals surface area contributed by atoms with Crippen LogP contribution in [0.1, 0.15) is 17.3 Å². The second kappa shape index (κ2) is 3.06. The van der Waals surface area contributed by atoms with Gasteiger partial charge in [-0.3, -0.25) is 0 Å². The van der Waals surface area contributed by atoms with E-state index in [1.54, 1.807) is 0 Å². The number of aromatic nitrogens is 1. The van der Waals surface area contributed by atoms with Gasteiger partial charge >= 0.3 is 0 Å². The predicted molar refractivity (Wildman–Crippen MR) is 77.3 cm³/mol. The Bertz CT molecular complexity index is 857. The Kier molecular flexibility index (Phi) is 1.51. The molecule has 1 unspecified atom stereocenters. The maximum absolute atomic E-state index is 4.87. The molecule has 90 valence electrons. The molecule has 2 N–H and O–H groups in total. The molecule has 0 spiro atoms. The van der Waals surface area contributed by atoms with Gasteiger partial charge in [-0.15, -0.1) is 0 Å². The summed E-state index contributed by atoms with van der Waals surface area (Å²) in [5.41, 5.74) is 6.98. The molecule has 5 rings (SSSR count). The first-order valence-electron chi connectivity index (χ1n) is 6.47. The maximum atomic E-state index is 4.87. The van der Waals surface area contributed by atoms with Gasteiger partial charge in [-0.25, -0.2) is 4.99 Å². The standard InChI is InChI=1S/C16H11N3/c1-3-7-11-9(5-1)13-15(17-11)16-14(19-13)10-6-2-4-8-12(10)18-16/h1-8,15,17-18H. The quantitative estimate of drug-likeness (QED) is 0.622. The zero-order valence-electron chi connectivity index (χ0n) is 10.1. The molecule has 1 atom stereocenters. The predicted octanol–water partition coefficient (Wildman–Crippen LogP) is 3.77.